The molecule has 18 heavy (non-hydrogen) atoms. The number of hydrogen-bond acceptors (Lipinski definition) is 4. The summed E-state index contributed by atoms with van der Waals surface area (Å²) in [5, 5.41) is 11.2. The summed E-state index contributed by atoms with van der Waals surface area (Å²) in [4.78, 5) is 22.8. The van der Waals surface area contributed by atoms with Gasteiger partial charge in [-0.05, 0) is 18.2 Å². The summed E-state index contributed by atoms with van der Waals surface area (Å²) in [6, 6.07) is 6.29. The van der Waals surface area contributed by atoms with Gasteiger partial charge in [0.2, 0.25) is 5.91 Å². The van der Waals surface area contributed by atoms with E-state index in [4.69, 9.17) is 16.9 Å². The number of ether oxygens (including phenoxy) is 1. The number of nitrogens with one attached hydrogen (secondary N) is 1. The third kappa shape index (κ3) is 3.75. The number of hydrogen-bond donors (Lipinski definition) is 1. The molecule has 0 saturated carbocycles. The van der Waals surface area contributed by atoms with Crippen molar-refractivity contribution in [2.24, 2.45) is 0 Å². The molecule has 0 aliphatic heterocycles. The van der Waals surface area contributed by atoms with E-state index in [2.05, 4.69) is 10.1 Å². The average Bonchev–Trinajstić information content (AvgIpc) is 2.38. The van der Waals surface area contributed by atoms with Gasteiger partial charge >= 0.3 is 5.97 Å². The van der Waals surface area contributed by atoms with E-state index >= 15 is 0 Å². The lowest BCUT2D eigenvalue weighted by Gasteiger charge is -2.08. The number of carbonyl (C=O) groups is 2. The third-order valence-corrected chi connectivity index (χ3v) is 2.46. The van der Waals surface area contributed by atoms with Crippen molar-refractivity contribution in [2.45, 2.75) is 12.8 Å². The number of nitriles is 1. The van der Waals surface area contributed by atoms with Gasteiger partial charge in [-0.25, -0.2) is 4.79 Å². The average molecular weight is 267 g/mol. The van der Waals surface area contributed by atoms with Crippen molar-refractivity contribution in [3.8, 4) is 6.07 Å². The van der Waals surface area contributed by atoms with Crippen LogP contribution in [-0.4, -0.2) is 19.0 Å². The first-order valence-corrected chi connectivity index (χ1v) is 5.51. The fraction of sp³-hybridized carbons (Fsp3) is 0.250. The first-order valence-electron chi connectivity index (χ1n) is 5.13. The molecule has 0 unspecified atom stereocenters. The molecule has 1 aromatic rings. The van der Waals surface area contributed by atoms with Crippen LogP contribution in [0.3, 0.4) is 0 Å². The Morgan fingerprint density at radius 3 is 2.83 bits per heavy atom. The van der Waals surface area contributed by atoms with Crippen molar-refractivity contribution in [1.29, 1.82) is 5.26 Å². The summed E-state index contributed by atoms with van der Waals surface area (Å²) < 4.78 is 4.56. The van der Waals surface area contributed by atoms with Gasteiger partial charge in [-0.3, -0.25) is 4.79 Å². The van der Waals surface area contributed by atoms with E-state index in [9.17, 15) is 9.59 Å². The van der Waals surface area contributed by atoms with Crippen LogP contribution in [0.25, 0.3) is 0 Å². The van der Waals surface area contributed by atoms with Gasteiger partial charge in [0.25, 0.3) is 0 Å². The minimum absolute atomic E-state index is 0.0787. The van der Waals surface area contributed by atoms with Gasteiger partial charge < -0.3 is 10.1 Å². The van der Waals surface area contributed by atoms with Crippen LogP contribution in [-0.2, 0) is 9.53 Å². The molecule has 94 valence electrons. The molecule has 1 N–H and O–H groups in total. The van der Waals surface area contributed by atoms with E-state index in [-0.39, 0.29) is 24.3 Å². The van der Waals surface area contributed by atoms with Crippen LogP contribution in [0.2, 0.25) is 5.02 Å². The lowest BCUT2D eigenvalue weighted by molar-refractivity contribution is -0.116. The van der Waals surface area contributed by atoms with Gasteiger partial charge in [0, 0.05) is 12.8 Å². The van der Waals surface area contributed by atoms with Gasteiger partial charge in [0.1, 0.15) is 0 Å². The van der Waals surface area contributed by atoms with Crippen molar-refractivity contribution in [1.82, 2.24) is 0 Å². The first kappa shape index (κ1) is 14.0. The summed E-state index contributed by atoms with van der Waals surface area (Å²) in [7, 11) is 1.27. The Hall–Kier alpha value is -2.06. The highest BCUT2D eigenvalue weighted by Gasteiger charge is 2.10. The highest BCUT2D eigenvalue weighted by Crippen LogP contribution is 2.23. The Morgan fingerprint density at radius 1 is 1.50 bits per heavy atom. The lowest BCUT2D eigenvalue weighted by Crippen LogP contribution is -2.12. The molecule has 0 aliphatic rings. The summed E-state index contributed by atoms with van der Waals surface area (Å²) in [5.41, 5.74) is 0.611. The van der Waals surface area contributed by atoms with Gasteiger partial charge in [0.15, 0.2) is 0 Å². The van der Waals surface area contributed by atoms with Crippen molar-refractivity contribution in [3.05, 3.63) is 28.8 Å². The zero-order valence-electron chi connectivity index (χ0n) is 9.70. The Kier molecular flexibility index (Phi) is 5.15. The van der Waals surface area contributed by atoms with E-state index in [1.807, 2.05) is 6.07 Å². The van der Waals surface area contributed by atoms with Gasteiger partial charge in [-0.1, -0.05) is 11.6 Å². The molecule has 1 rings (SSSR count). The number of anilines is 1. The Morgan fingerprint density at radius 2 is 2.22 bits per heavy atom. The van der Waals surface area contributed by atoms with Crippen LogP contribution in [0.15, 0.2) is 18.2 Å². The van der Waals surface area contributed by atoms with Crippen molar-refractivity contribution in [2.75, 3.05) is 12.4 Å². The Bertz CT molecular complexity index is 509. The van der Waals surface area contributed by atoms with Crippen molar-refractivity contribution >= 4 is 29.2 Å². The minimum atomic E-state index is -0.515. The normalized spacial score (nSPS) is 9.39. The lowest BCUT2D eigenvalue weighted by atomic mass is 10.2. The molecule has 1 aromatic carbocycles. The van der Waals surface area contributed by atoms with Crippen molar-refractivity contribution < 1.29 is 14.3 Å². The zero-order chi connectivity index (χ0) is 13.5. The molecule has 5 nitrogen and oxygen atoms in total. The van der Waals surface area contributed by atoms with Gasteiger partial charge in [-0.15, -0.1) is 0 Å². The van der Waals surface area contributed by atoms with Crippen LogP contribution in [0, 0.1) is 11.3 Å². The van der Waals surface area contributed by atoms with E-state index in [0.29, 0.717) is 10.7 Å². The fourth-order valence-corrected chi connectivity index (χ4v) is 1.41. The van der Waals surface area contributed by atoms with Crippen LogP contribution < -0.4 is 5.32 Å². The van der Waals surface area contributed by atoms with Crippen molar-refractivity contribution in [3.63, 3.8) is 0 Å². The minimum Gasteiger partial charge on any atom is -0.465 e. The molecule has 0 saturated heterocycles. The number of methoxy groups -OCH3 is 1. The predicted molar refractivity (Wildman–Crippen MR) is 66.3 cm³/mol. The zero-order valence-corrected chi connectivity index (χ0v) is 10.5. The number of benzene rings is 1. The molecule has 0 aromatic heterocycles. The van der Waals surface area contributed by atoms with Crippen LogP contribution in [0.4, 0.5) is 5.69 Å². The second-order valence-electron chi connectivity index (χ2n) is 3.39. The predicted octanol–water partition coefficient (Wildman–Crippen LogP) is 2.37. The van der Waals surface area contributed by atoms with Crippen LogP contribution in [0.1, 0.15) is 23.2 Å². The fourth-order valence-electron chi connectivity index (χ4n) is 1.25. The summed E-state index contributed by atoms with van der Waals surface area (Å²) in [5.74, 6) is -0.848. The molecule has 0 fully saturated rings. The molecule has 1 amide bonds. The molecule has 0 bridgehead atoms. The van der Waals surface area contributed by atoms with Crippen LogP contribution in [0.5, 0.6) is 0 Å². The number of carbonyl (C=O) groups excluding carboxylic acids is 2. The second-order valence-corrected chi connectivity index (χ2v) is 3.80. The quantitative estimate of drug-likeness (QED) is 0.849. The summed E-state index contributed by atoms with van der Waals surface area (Å²) in [6.07, 6.45) is 0.204. The number of esters is 1. The van der Waals surface area contributed by atoms with E-state index in [1.54, 1.807) is 0 Å². The van der Waals surface area contributed by atoms with Gasteiger partial charge in [-0.2, -0.15) is 5.26 Å². The third-order valence-electron chi connectivity index (χ3n) is 2.13. The second kappa shape index (κ2) is 6.62. The van der Waals surface area contributed by atoms with E-state index < -0.39 is 5.97 Å². The largest absolute Gasteiger partial charge is 0.465 e. The monoisotopic (exact) mass is 266 g/mol. The number of rotatable bonds is 4. The van der Waals surface area contributed by atoms with E-state index in [1.165, 1.54) is 25.3 Å². The first-order chi connectivity index (χ1) is 8.58. The maximum absolute atomic E-state index is 11.4. The molecule has 0 atom stereocenters. The highest BCUT2D eigenvalue weighted by atomic mass is 35.5. The molecule has 0 radical (unpaired) electrons. The number of halogens is 1. The highest BCUT2D eigenvalue weighted by molar-refractivity contribution is 6.33. The smallest absolute Gasteiger partial charge is 0.337 e. The number of nitrogens with zero attached hydrogens (tertiary/aromatic N) is 1. The number of amides is 1. The molecule has 0 spiro atoms. The molecule has 0 aliphatic carbocycles. The maximum Gasteiger partial charge on any atom is 0.337 e. The standard InChI is InChI=1S/C12H11ClN2O3/c1-18-12(17)8-4-5-9(13)10(7-8)15-11(16)3-2-6-14/h4-5,7H,2-3H2,1H3,(H,15,16). The summed E-state index contributed by atoms with van der Waals surface area (Å²) >= 11 is 5.89. The van der Waals surface area contributed by atoms with Crippen LogP contribution >= 0.6 is 11.6 Å². The molecular formula is C12H11ClN2O3. The Balaban J connectivity index is 2.85. The topological polar surface area (TPSA) is 79.2 Å². The summed E-state index contributed by atoms with van der Waals surface area (Å²) in [6.45, 7) is 0. The SMILES string of the molecule is COC(=O)c1ccc(Cl)c(NC(=O)CCC#N)c1. The van der Waals surface area contributed by atoms with Gasteiger partial charge in [0.05, 0.1) is 29.5 Å². The maximum atomic E-state index is 11.4. The van der Waals surface area contributed by atoms with E-state index in [0.717, 1.165) is 0 Å². The molecule has 6 heteroatoms. The molecular weight excluding hydrogens is 256 g/mol. The molecule has 0 heterocycles. The Labute approximate surface area is 109 Å².